The summed E-state index contributed by atoms with van der Waals surface area (Å²) in [6, 6.07) is 9.05. The first-order valence-corrected chi connectivity index (χ1v) is 5.34. The number of nitrogens with one attached hydrogen (secondary N) is 1. The lowest BCUT2D eigenvalue weighted by Gasteiger charge is -2.08. The van der Waals surface area contributed by atoms with Crippen LogP contribution in [0.4, 0.5) is 11.6 Å². The van der Waals surface area contributed by atoms with Crippen LogP contribution in [-0.2, 0) is 0 Å². The summed E-state index contributed by atoms with van der Waals surface area (Å²) < 4.78 is 0. The van der Waals surface area contributed by atoms with E-state index in [1.54, 1.807) is 6.07 Å². The molecule has 2 rings (SSSR count). The van der Waals surface area contributed by atoms with Crippen molar-refractivity contribution >= 4 is 23.2 Å². The predicted molar refractivity (Wildman–Crippen MR) is 66.2 cm³/mol. The Morgan fingerprint density at radius 2 is 2.18 bits per heavy atom. The Morgan fingerprint density at radius 3 is 2.94 bits per heavy atom. The van der Waals surface area contributed by atoms with Crippen LogP contribution in [0.15, 0.2) is 30.5 Å². The van der Waals surface area contributed by atoms with Gasteiger partial charge in [0.15, 0.2) is 0 Å². The van der Waals surface area contributed by atoms with Crippen LogP contribution >= 0.6 is 11.6 Å². The summed E-state index contributed by atoms with van der Waals surface area (Å²) in [5.74, 6) is 0.384. The van der Waals surface area contributed by atoms with Crippen LogP contribution in [0.2, 0.25) is 5.02 Å². The van der Waals surface area contributed by atoms with E-state index in [0.717, 1.165) is 11.3 Å². The molecule has 0 amide bonds. The SMILES string of the molecule is Cc1c(Cl)cccc1Nc1nccc(C#N)n1. The molecule has 0 saturated carbocycles. The van der Waals surface area contributed by atoms with Crippen molar-refractivity contribution in [3.8, 4) is 6.07 Å². The molecule has 0 unspecified atom stereocenters. The lowest BCUT2D eigenvalue weighted by molar-refractivity contribution is 1.14. The van der Waals surface area contributed by atoms with Gasteiger partial charge in [0, 0.05) is 16.9 Å². The Hall–Kier alpha value is -2.12. The van der Waals surface area contributed by atoms with E-state index in [0.29, 0.717) is 16.7 Å². The molecule has 2 aromatic rings. The summed E-state index contributed by atoms with van der Waals surface area (Å²) in [5.41, 5.74) is 2.06. The second kappa shape index (κ2) is 4.81. The fourth-order valence-corrected chi connectivity index (χ4v) is 1.52. The van der Waals surface area contributed by atoms with Gasteiger partial charge in [-0.05, 0) is 30.7 Å². The van der Waals surface area contributed by atoms with Gasteiger partial charge in [-0.15, -0.1) is 0 Å². The number of hydrogen-bond acceptors (Lipinski definition) is 4. The molecule has 0 saturated heterocycles. The van der Waals surface area contributed by atoms with E-state index in [-0.39, 0.29) is 0 Å². The molecule has 0 aliphatic carbocycles. The van der Waals surface area contributed by atoms with Crippen LogP contribution in [-0.4, -0.2) is 9.97 Å². The first kappa shape index (κ1) is 11.4. The summed E-state index contributed by atoms with van der Waals surface area (Å²) in [6.07, 6.45) is 1.54. The van der Waals surface area contributed by atoms with Crippen LogP contribution in [0.1, 0.15) is 11.3 Å². The molecule has 0 fully saturated rings. The van der Waals surface area contributed by atoms with Crippen molar-refractivity contribution in [2.75, 3.05) is 5.32 Å². The van der Waals surface area contributed by atoms with Gasteiger partial charge in [0.2, 0.25) is 5.95 Å². The van der Waals surface area contributed by atoms with Crippen molar-refractivity contribution in [1.29, 1.82) is 5.26 Å². The number of anilines is 2. The van der Waals surface area contributed by atoms with Gasteiger partial charge in [-0.1, -0.05) is 17.7 Å². The molecule has 84 valence electrons. The highest BCUT2D eigenvalue weighted by molar-refractivity contribution is 6.31. The molecule has 0 bridgehead atoms. The monoisotopic (exact) mass is 244 g/mol. The predicted octanol–water partition coefficient (Wildman–Crippen LogP) is 3.05. The first-order chi connectivity index (χ1) is 8.20. The molecule has 0 aliphatic rings. The number of rotatable bonds is 2. The maximum absolute atomic E-state index is 8.74. The molecule has 0 aliphatic heterocycles. The van der Waals surface area contributed by atoms with E-state index in [1.807, 2.05) is 31.2 Å². The number of nitrogens with zero attached hydrogens (tertiary/aromatic N) is 3. The molecule has 5 heteroatoms. The lowest BCUT2D eigenvalue weighted by atomic mass is 10.2. The maximum atomic E-state index is 8.74. The van der Waals surface area contributed by atoms with Crippen molar-refractivity contribution in [2.24, 2.45) is 0 Å². The highest BCUT2D eigenvalue weighted by Gasteiger charge is 2.04. The normalized spacial score (nSPS) is 9.71. The van der Waals surface area contributed by atoms with E-state index in [2.05, 4.69) is 15.3 Å². The van der Waals surface area contributed by atoms with Gasteiger partial charge in [0.25, 0.3) is 0 Å². The van der Waals surface area contributed by atoms with Crippen LogP contribution in [0.5, 0.6) is 0 Å². The minimum Gasteiger partial charge on any atom is -0.324 e. The molecule has 1 aromatic heterocycles. The van der Waals surface area contributed by atoms with Gasteiger partial charge in [-0.25, -0.2) is 9.97 Å². The summed E-state index contributed by atoms with van der Waals surface area (Å²) in [4.78, 5) is 8.07. The summed E-state index contributed by atoms with van der Waals surface area (Å²) >= 11 is 6.01. The molecule has 0 radical (unpaired) electrons. The number of benzene rings is 1. The minimum absolute atomic E-state index is 0.321. The zero-order valence-electron chi connectivity index (χ0n) is 9.11. The maximum Gasteiger partial charge on any atom is 0.228 e. The standard InChI is InChI=1S/C12H9ClN4/c1-8-10(13)3-2-4-11(8)17-12-15-6-5-9(7-14)16-12/h2-6H,1H3,(H,15,16,17). The molecule has 0 atom stereocenters. The van der Waals surface area contributed by atoms with Gasteiger partial charge in [-0.2, -0.15) is 5.26 Å². The zero-order valence-corrected chi connectivity index (χ0v) is 9.86. The number of nitriles is 1. The first-order valence-electron chi connectivity index (χ1n) is 4.96. The van der Waals surface area contributed by atoms with E-state index >= 15 is 0 Å². The van der Waals surface area contributed by atoms with Gasteiger partial charge in [0.1, 0.15) is 11.8 Å². The van der Waals surface area contributed by atoms with E-state index in [4.69, 9.17) is 16.9 Å². The van der Waals surface area contributed by atoms with Gasteiger partial charge in [0.05, 0.1) is 0 Å². The van der Waals surface area contributed by atoms with Gasteiger partial charge in [-0.3, -0.25) is 0 Å². The number of aromatic nitrogens is 2. The van der Waals surface area contributed by atoms with E-state index in [1.165, 1.54) is 6.20 Å². The van der Waals surface area contributed by atoms with Gasteiger partial charge < -0.3 is 5.32 Å². The van der Waals surface area contributed by atoms with Crippen molar-refractivity contribution in [2.45, 2.75) is 6.92 Å². The molecule has 1 N–H and O–H groups in total. The van der Waals surface area contributed by atoms with Crippen molar-refractivity contribution < 1.29 is 0 Å². The average Bonchev–Trinajstić information content (AvgIpc) is 2.35. The molecule has 0 spiro atoms. The van der Waals surface area contributed by atoms with Crippen molar-refractivity contribution in [3.05, 3.63) is 46.7 Å². The second-order valence-corrected chi connectivity index (χ2v) is 3.82. The molecular formula is C12H9ClN4. The highest BCUT2D eigenvalue weighted by atomic mass is 35.5. The fourth-order valence-electron chi connectivity index (χ4n) is 1.34. The topological polar surface area (TPSA) is 61.6 Å². The molecular weight excluding hydrogens is 236 g/mol. The molecule has 4 nitrogen and oxygen atoms in total. The van der Waals surface area contributed by atoms with E-state index in [9.17, 15) is 0 Å². The quantitative estimate of drug-likeness (QED) is 0.882. The summed E-state index contributed by atoms with van der Waals surface area (Å²) in [5, 5.41) is 12.4. The summed E-state index contributed by atoms with van der Waals surface area (Å²) in [7, 11) is 0. The molecule has 1 heterocycles. The zero-order chi connectivity index (χ0) is 12.3. The smallest absolute Gasteiger partial charge is 0.228 e. The van der Waals surface area contributed by atoms with Crippen molar-refractivity contribution in [1.82, 2.24) is 9.97 Å². The third kappa shape index (κ3) is 2.52. The van der Waals surface area contributed by atoms with Crippen LogP contribution < -0.4 is 5.32 Å². The molecule has 1 aromatic carbocycles. The third-order valence-electron chi connectivity index (χ3n) is 2.28. The Morgan fingerprint density at radius 1 is 1.35 bits per heavy atom. The Balaban J connectivity index is 2.32. The Bertz CT molecular complexity index is 589. The Labute approximate surface area is 104 Å². The van der Waals surface area contributed by atoms with Crippen LogP contribution in [0.3, 0.4) is 0 Å². The Kier molecular flexibility index (Phi) is 3.22. The number of hydrogen-bond donors (Lipinski definition) is 1. The third-order valence-corrected chi connectivity index (χ3v) is 2.69. The fraction of sp³-hybridized carbons (Fsp3) is 0.0833. The largest absolute Gasteiger partial charge is 0.324 e. The molecule has 17 heavy (non-hydrogen) atoms. The van der Waals surface area contributed by atoms with Crippen LogP contribution in [0.25, 0.3) is 0 Å². The van der Waals surface area contributed by atoms with Crippen molar-refractivity contribution in [3.63, 3.8) is 0 Å². The van der Waals surface area contributed by atoms with Gasteiger partial charge >= 0.3 is 0 Å². The highest BCUT2D eigenvalue weighted by Crippen LogP contribution is 2.24. The summed E-state index contributed by atoms with van der Waals surface area (Å²) in [6.45, 7) is 1.90. The number of halogens is 1. The minimum atomic E-state index is 0.321. The lowest BCUT2D eigenvalue weighted by Crippen LogP contribution is -1.99. The second-order valence-electron chi connectivity index (χ2n) is 3.41. The van der Waals surface area contributed by atoms with Crippen LogP contribution in [0, 0.1) is 18.3 Å². The average molecular weight is 245 g/mol. The van der Waals surface area contributed by atoms with E-state index < -0.39 is 0 Å².